The van der Waals surface area contributed by atoms with Gasteiger partial charge in [0.25, 0.3) is 5.69 Å². The molecule has 9 heteroatoms. The maximum Gasteiger partial charge on any atom is 0.363 e. The molecule has 108 valence electrons. The summed E-state index contributed by atoms with van der Waals surface area (Å²) in [5.74, 6) is 0.191. The quantitative estimate of drug-likeness (QED) is 0.494. The van der Waals surface area contributed by atoms with Crippen LogP contribution in [0.3, 0.4) is 0 Å². The molecule has 1 aromatic carbocycles. The summed E-state index contributed by atoms with van der Waals surface area (Å²) in [6.07, 6.45) is 0. The molecule has 2 rings (SSSR count). The van der Waals surface area contributed by atoms with E-state index in [-0.39, 0.29) is 11.5 Å². The molecule has 1 heterocycles. The second-order valence-corrected chi connectivity index (χ2v) is 4.16. The topological polar surface area (TPSA) is 126 Å². The first-order valence-corrected chi connectivity index (χ1v) is 5.96. The maximum absolute atomic E-state index is 11.1. The number of hydrazone groups is 1. The minimum Gasteiger partial charge on any atom is -0.259 e. The van der Waals surface area contributed by atoms with Gasteiger partial charge in [0.1, 0.15) is 5.69 Å². The Kier molecular flexibility index (Phi) is 4.02. The summed E-state index contributed by atoms with van der Waals surface area (Å²) in [5.41, 5.74) is 3.16. The lowest BCUT2D eigenvalue weighted by Crippen LogP contribution is -2.16. The lowest BCUT2D eigenvalue weighted by atomic mass is 10.1. The summed E-state index contributed by atoms with van der Waals surface area (Å²) in [5, 5.41) is 20.9. The summed E-state index contributed by atoms with van der Waals surface area (Å²) in [6, 6.07) is 6.25. The van der Waals surface area contributed by atoms with Gasteiger partial charge in [-0.1, -0.05) is 12.1 Å². The van der Waals surface area contributed by atoms with Crippen LogP contribution in [0.1, 0.15) is 18.2 Å². The van der Waals surface area contributed by atoms with Gasteiger partial charge >= 0.3 is 5.69 Å². The molecule has 0 saturated heterocycles. The zero-order valence-corrected chi connectivity index (χ0v) is 11.3. The number of nitrogens with one attached hydrogen (secondary N) is 2. The van der Waals surface area contributed by atoms with E-state index in [9.17, 15) is 14.9 Å². The van der Waals surface area contributed by atoms with Crippen molar-refractivity contribution in [3.05, 3.63) is 56.1 Å². The van der Waals surface area contributed by atoms with Crippen LogP contribution in [0.2, 0.25) is 0 Å². The van der Waals surface area contributed by atoms with Crippen molar-refractivity contribution in [3.63, 3.8) is 0 Å². The van der Waals surface area contributed by atoms with Crippen LogP contribution in [0.25, 0.3) is 0 Å². The maximum atomic E-state index is 11.1. The van der Waals surface area contributed by atoms with Crippen molar-refractivity contribution in [2.24, 2.45) is 5.10 Å². The average molecular weight is 288 g/mol. The normalized spacial score (nSPS) is 11.2. The minimum atomic E-state index is -0.610. The van der Waals surface area contributed by atoms with Crippen molar-refractivity contribution in [3.8, 4) is 0 Å². The van der Waals surface area contributed by atoms with Gasteiger partial charge in [-0.3, -0.25) is 15.5 Å². The smallest absolute Gasteiger partial charge is 0.259 e. The highest BCUT2D eigenvalue weighted by Crippen LogP contribution is 2.18. The molecule has 0 spiro atoms. The number of hydrogen-bond donors (Lipinski definition) is 2. The van der Waals surface area contributed by atoms with Crippen LogP contribution in [0.4, 0.5) is 11.5 Å². The number of nitrogens with zero attached hydrogens (tertiary/aromatic N) is 4. The molecule has 0 aliphatic rings. The number of para-hydroxylation sites is 1. The van der Waals surface area contributed by atoms with Crippen molar-refractivity contribution < 1.29 is 4.92 Å². The fourth-order valence-electron chi connectivity index (χ4n) is 1.63. The highest BCUT2D eigenvalue weighted by atomic mass is 16.6. The average Bonchev–Trinajstić information content (AvgIpc) is 2.47. The molecule has 9 nitrogen and oxygen atoms in total. The number of nitro groups is 1. The summed E-state index contributed by atoms with van der Waals surface area (Å²) in [6.45, 7) is 3.26. The Labute approximate surface area is 118 Å². The van der Waals surface area contributed by atoms with Crippen molar-refractivity contribution in [2.45, 2.75) is 13.8 Å². The van der Waals surface area contributed by atoms with Gasteiger partial charge < -0.3 is 0 Å². The van der Waals surface area contributed by atoms with Gasteiger partial charge in [-0.05, 0) is 19.9 Å². The molecule has 0 saturated carbocycles. The van der Waals surface area contributed by atoms with E-state index in [1.54, 1.807) is 32.0 Å². The van der Waals surface area contributed by atoms with E-state index >= 15 is 0 Å². The first-order valence-electron chi connectivity index (χ1n) is 5.96. The Morgan fingerprint density at radius 1 is 1.43 bits per heavy atom. The number of benzene rings is 1. The number of nitro benzene ring substituents is 1. The SMILES string of the molecule is C/C(=N/Nc1nc(=O)[nH]nc1C)c1ccccc1[N+](=O)[O-]. The van der Waals surface area contributed by atoms with Crippen LogP contribution < -0.4 is 11.1 Å². The lowest BCUT2D eigenvalue weighted by molar-refractivity contribution is -0.385. The Hall–Kier alpha value is -3.10. The number of aromatic amines is 1. The number of hydrogen-bond acceptors (Lipinski definition) is 7. The van der Waals surface area contributed by atoms with E-state index in [0.717, 1.165) is 0 Å². The van der Waals surface area contributed by atoms with Crippen molar-refractivity contribution in [1.29, 1.82) is 0 Å². The second kappa shape index (κ2) is 5.90. The van der Waals surface area contributed by atoms with E-state index < -0.39 is 10.6 Å². The van der Waals surface area contributed by atoms with E-state index in [1.165, 1.54) is 6.07 Å². The number of H-pyrrole nitrogens is 1. The molecule has 1 aromatic heterocycles. The molecule has 0 atom stereocenters. The highest BCUT2D eigenvalue weighted by Gasteiger charge is 2.14. The standard InChI is InChI=1S/C12H12N6O3/c1-7(9-5-3-4-6-10(9)18(20)21)14-16-11-8(2)15-17-12(19)13-11/h3-6H,1-2H3,(H2,13,16,17,19)/b14-7-. The number of rotatable bonds is 4. The van der Waals surface area contributed by atoms with Crippen LogP contribution in [-0.4, -0.2) is 25.8 Å². The highest BCUT2D eigenvalue weighted by molar-refractivity contribution is 6.02. The molecule has 0 aliphatic carbocycles. The molecule has 0 amide bonds. The van der Waals surface area contributed by atoms with Crippen LogP contribution in [-0.2, 0) is 0 Å². The van der Waals surface area contributed by atoms with Crippen LogP contribution >= 0.6 is 0 Å². The first kappa shape index (κ1) is 14.3. The molecule has 2 aromatic rings. The Bertz CT molecular complexity index is 768. The Morgan fingerprint density at radius 2 is 2.14 bits per heavy atom. The van der Waals surface area contributed by atoms with E-state index in [4.69, 9.17) is 0 Å². The molecule has 0 bridgehead atoms. The van der Waals surface area contributed by atoms with Crippen LogP contribution in [0.5, 0.6) is 0 Å². The minimum absolute atomic E-state index is 0.0470. The zero-order valence-electron chi connectivity index (χ0n) is 11.3. The van der Waals surface area contributed by atoms with Crippen LogP contribution in [0, 0.1) is 17.0 Å². The molecule has 0 radical (unpaired) electrons. The van der Waals surface area contributed by atoms with Crippen molar-refractivity contribution >= 4 is 17.2 Å². The van der Waals surface area contributed by atoms with Gasteiger partial charge in [0.05, 0.1) is 16.2 Å². The fraction of sp³-hybridized carbons (Fsp3) is 0.167. The van der Waals surface area contributed by atoms with Crippen LogP contribution in [0.15, 0.2) is 34.2 Å². The third-order valence-electron chi connectivity index (χ3n) is 2.70. The predicted molar refractivity (Wildman–Crippen MR) is 76.3 cm³/mol. The molecule has 2 N–H and O–H groups in total. The van der Waals surface area contributed by atoms with Gasteiger partial charge in [-0.15, -0.1) is 0 Å². The Morgan fingerprint density at radius 3 is 2.86 bits per heavy atom. The van der Waals surface area contributed by atoms with Crippen molar-refractivity contribution in [1.82, 2.24) is 15.2 Å². The summed E-state index contributed by atoms with van der Waals surface area (Å²) >= 11 is 0. The van der Waals surface area contributed by atoms with Gasteiger partial charge in [-0.2, -0.15) is 15.2 Å². The lowest BCUT2D eigenvalue weighted by Gasteiger charge is -2.04. The molecular weight excluding hydrogens is 276 g/mol. The third-order valence-corrected chi connectivity index (χ3v) is 2.70. The summed E-state index contributed by atoms with van der Waals surface area (Å²) in [7, 11) is 0. The molecule has 21 heavy (non-hydrogen) atoms. The van der Waals surface area contributed by atoms with Gasteiger partial charge in [0, 0.05) is 6.07 Å². The van der Waals surface area contributed by atoms with Gasteiger partial charge in [0.2, 0.25) is 0 Å². The third kappa shape index (κ3) is 3.26. The van der Waals surface area contributed by atoms with Crippen molar-refractivity contribution in [2.75, 3.05) is 5.43 Å². The molecule has 0 aliphatic heterocycles. The summed E-state index contributed by atoms with van der Waals surface area (Å²) < 4.78 is 0. The predicted octanol–water partition coefficient (Wildman–Crippen LogP) is 1.22. The van der Waals surface area contributed by atoms with E-state index in [1.807, 2.05) is 0 Å². The number of aromatic nitrogens is 3. The first-order chi connectivity index (χ1) is 9.99. The van der Waals surface area contributed by atoms with E-state index in [0.29, 0.717) is 17.0 Å². The molecule has 0 fully saturated rings. The largest absolute Gasteiger partial charge is 0.363 e. The number of aryl methyl sites for hydroxylation is 1. The fourth-order valence-corrected chi connectivity index (χ4v) is 1.63. The molecular formula is C12H12N6O3. The monoisotopic (exact) mass is 288 g/mol. The Balaban J connectivity index is 2.32. The van der Waals surface area contributed by atoms with Gasteiger partial charge in [0.15, 0.2) is 5.82 Å². The van der Waals surface area contributed by atoms with E-state index in [2.05, 4.69) is 25.7 Å². The molecule has 0 unspecified atom stereocenters. The van der Waals surface area contributed by atoms with Gasteiger partial charge in [-0.25, -0.2) is 9.89 Å². The number of anilines is 1. The zero-order chi connectivity index (χ0) is 15.4. The summed E-state index contributed by atoms with van der Waals surface area (Å²) in [4.78, 5) is 25.2. The second-order valence-electron chi connectivity index (χ2n) is 4.16.